The number of hydrogen-bond donors (Lipinski definition) is 5. The van der Waals surface area contributed by atoms with Crippen molar-refractivity contribution in [1.82, 2.24) is 15.9 Å². The van der Waals surface area contributed by atoms with Gasteiger partial charge in [0.05, 0.1) is 130 Å². The molecule has 0 bridgehead atoms. The van der Waals surface area contributed by atoms with Crippen molar-refractivity contribution >= 4 is 45.2 Å². The van der Waals surface area contributed by atoms with Crippen LogP contribution >= 0.6 is 11.6 Å². The van der Waals surface area contributed by atoms with Gasteiger partial charge in [-0.3, -0.25) is 14.4 Å². The predicted molar refractivity (Wildman–Crippen MR) is 309 cm³/mol. The normalized spacial score (nSPS) is 15.5. The van der Waals surface area contributed by atoms with E-state index in [1.165, 1.54) is 17.6 Å². The Bertz CT molecular complexity index is 2250. The minimum atomic E-state index is -5.28. The lowest BCUT2D eigenvalue weighted by Gasteiger charge is -2.39. The van der Waals surface area contributed by atoms with Crippen molar-refractivity contribution in [2.24, 2.45) is 11.5 Å². The summed E-state index contributed by atoms with van der Waals surface area (Å²) < 4.78 is 151. The van der Waals surface area contributed by atoms with Gasteiger partial charge in [-0.1, -0.05) is 11.6 Å². The molecule has 1 saturated heterocycles. The highest BCUT2D eigenvalue weighted by molar-refractivity contribution is 7.93. The summed E-state index contributed by atoms with van der Waals surface area (Å²) >= 11 is 5.83. The molecule has 0 aromatic heterocycles. The number of carbonyl (C=O) groups excluding carboxylic acids is 3. The number of methoxy groups -OCH3 is 1. The Kier molecular flexibility index (Phi) is 44.7. The lowest BCUT2D eigenvalue weighted by molar-refractivity contribution is -0.260. The third-order valence-corrected chi connectivity index (χ3v) is 14.0. The van der Waals surface area contributed by atoms with E-state index in [1.807, 2.05) is 0 Å². The topological polar surface area (TPSA) is 340 Å². The number of rotatable bonds is 46. The summed E-state index contributed by atoms with van der Waals surface area (Å²) in [6.07, 6.45) is -11.3. The molecule has 1 fully saturated rings. The molecule has 0 spiro atoms. The van der Waals surface area contributed by atoms with Crippen molar-refractivity contribution in [3.8, 4) is 11.5 Å². The van der Waals surface area contributed by atoms with Gasteiger partial charge in [-0.15, -0.1) is 10.0 Å². The first-order chi connectivity index (χ1) is 42.0. The standard InChI is InChI=1S/C30H61N3O13.C23H23ClF4N2O8S.C2H6O/c1-30(2,3)46-29(35)27-45-25-23-43-21-20-42-22-24-44-26-28(34)33(6-10-38-14-18-40-16-12-36-8-4-31)7-11-39-15-19-41-17-13-37-9-5-32;24-14-1-3-15(4-2-14)37-16-5-8-18(9-6-16)39(34,35)22(11-12-36-17(13-22)7-10-19(31)32)20(33)30-38-21(29-28)23(25,26)27;1-3-2/h4-27,31-32H2,1-3H3;1-6,8-9,17,21,29H,7,10-13H2,(H,30,33)(H,31,32);1-2H3. The van der Waals surface area contributed by atoms with E-state index in [4.69, 9.17) is 89.8 Å². The maximum Gasteiger partial charge on any atom is 0.433 e. The van der Waals surface area contributed by atoms with Gasteiger partial charge in [0, 0.05) is 64.9 Å². The van der Waals surface area contributed by atoms with Gasteiger partial charge in [0.15, 0.2) is 14.6 Å². The summed E-state index contributed by atoms with van der Waals surface area (Å²) in [5.74, 6) is -2.67. The van der Waals surface area contributed by atoms with Crippen molar-refractivity contribution in [3.05, 3.63) is 53.6 Å². The summed E-state index contributed by atoms with van der Waals surface area (Å²) in [5, 5.41) is 9.45. The Balaban J connectivity index is 0.000000850. The average Bonchev–Trinajstić information content (AvgIpc) is 0.764. The number of amides is 2. The first kappa shape index (κ1) is 81.5. The number of carbonyl (C=O) groups is 4. The molecule has 2 amide bonds. The summed E-state index contributed by atoms with van der Waals surface area (Å²) in [6.45, 7) is 13.7. The zero-order valence-corrected chi connectivity index (χ0v) is 52.3. The molecule has 88 heavy (non-hydrogen) atoms. The third kappa shape index (κ3) is 37.6. The Labute approximate surface area is 516 Å². The van der Waals surface area contributed by atoms with Crippen LogP contribution in [-0.4, -0.2) is 250 Å². The number of halogens is 5. The van der Waals surface area contributed by atoms with Crippen LogP contribution in [0.4, 0.5) is 17.7 Å². The summed E-state index contributed by atoms with van der Waals surface area (Å²) in [4.78, 5) is 53.9. The Morgan fingerprint density at radius 2 is 1.11 bits per heavy atom. The fourth-order valence-corrected chi connectivity index (χ4v) is 9.28. The van der Waals surface area contributed by atoms with Crippen LogP contribution in [0.1, 0.15) is 46.5 Å². The van der Waals surface area contributed by atoms with Gasteiger partial charge in [0.25, 0.3) is 12.1 Å². The number of ether oxygens (including phenoxy) is 14. The number of esters is 1. The molecule has 7 N–H and O–H groups in total. The van der Waals surface area contributed by atoms with Crippen LogP contribution in [0.15, 0.2) is 53.4 Å². The monoisotopic (exact) mass is 1320 g/mol. The minimum Gasteiger partial charge on any atom is -0.481 e. The molecule has 33 heteroatoms. The molecule has 0 radical (unpaired) electrons. The van der Waals surface area contributed by atoms with Crippen LogP contribution in [0.5, 0.6) is 11.5 Å². The Morgan fingerprint density at radius 1 is 0.693 bits per heavy atom. The molecule has 1 heterocycles. The van der Waals surface area contributed by atoms with E-state index in [-0.39, 0.29) is 56.0 Å². The lowest BCUT2D eigenvalue weighted by Crippen LogP contribution is -2.58. The van der Waals surface area contributed by atoms with Crippen LogP contribution in [0.2, 0.25) is 5.02 Å². The largest absolute Gasteiger partial charge is 0.481 e. The van der Waals surface area contributed by atoms with Crippen molar-refractivity contribution < 1.29 is 122 Å². The molecule has 2 aromatic carbocycles. The van der Waals surface area contributed by atoms with Gasteiger partial charge >= 0.3 is 18.1 Å². The Hall–Kier alpha value is -4.56. The minimum absolute atomic E-state index is 0.0906. The van der Waals surface area contributed by atoms with Gasteiger partial charge < -0.3 is 87.8 Å². The van der Waals surface area contributed by atoms with E-state index in [2.05, 4.69) is 9.57 Å². The van der Waals surface area contributed by atoms with E-state index in [0.29, 0.717) is 148 Å². The number of alkyl halides is 3. The number of hydrogen-bond acceptors (Lipinski definition) is 24. The van der Waals surface area contributed by atoms with Crippen LogP contribution < -0.4 is 27.2 Å². The molecular formula is C55H90ClF4N5O22S. The number of benzene rings is 2. The zero-order valence-electron chi connectivity index (χ0n) is 50.7. The quantitative estimate of drug-likeness (QED) is 0.0158. The summed E-state index contributed by atoms with van der Waals surface area (Å²) in [6, 6.07) is 11.2. The predicted octanol–water partition coefficient (Wildman–Crippen LogP) is 3.60. The SMILES string of the molecule is CC(C)(C)OC(=O)COCCOCCOCCOCC(=O)N(CCOCCOCCOCCN)CCOCCOCCOCCN.COC.O=C(O)CCC1CC(C(=O)NOC(NF)C(F)(F)F)(S(=O)(=O)c2ccc(Oc3ccc(Cl)cc3)cc2)CCO1. The highest BCUT2D eigenvalue weighted by atomic mass is 35.5. The molecule has 27 nitrogen and oxygen atoms in total. The number of nitrogens with two attached hydrogens (primary N) is 2. The number of nitrogens with one attached hydrogen (secondary N) is 2. The van der Waals surface area contributed by atoms with Crippen molar-refractivity contribution in [2.45, 2.75) is 80.2 Å². The molecule has 3 atom stereocenters. The third-order valence-electron chi connectivity index (χ3n) is 11.2. The van der Waals surface area contributed by atoms with E-state index in [0.717, 1.165) is 12.1 Å². The molecule has 3 unspecified atom stereocenters. The molecule has 2 aromatic rings. The van der Waals surface area contributed by atoms with Gasteiger partial charge in [0.1, 0.15) is 30.3 Å². The first-order valence-electron chi connectivity index (χ1n) is 28.1. The van der Waals surface area contributed by atoms with E-state index < -0.39 is 75.8 Å². The number of aliphatic carboxylic acids is 1. The van der Waals surface area contributed by atoms with Crippen molar-refractivity contribution in [1.29, 1.82) is 0 Å². The molecule has 508 valence electrons. The maximum atomic E-state index is 13.8. The van der Waals surface area contributed by atoms with Crippen LogP contribution in [0, 0.1) is 0 Å². The second-order valence-electron chi connectivity index (χ2n) is 19.4. The summed E-state index contributed by atoms with van der Waals surface area (Å²) in [5.41, 5.74) is 11.9. The number of hydroxylamine groups is 1. The second kappa shape index (κ2) is 48.3. The van der Waals surface area contributed by atoms with Crippen LogP contribution in [-0.2, 0) is 95.4 Å². The number of carboxylic acids is 1. The van der Waals surface area contributed by atoms with E-state index in [1.54, 1.807) is 64.2 Å². The molecule has 3 rings (SSSR count). The molecule has 1 aliphatic rings. The van der Waals surface area contributed by atoms with Gasteiger partial charge in [-0.2, -0.15) is 13.2 Å². The average molecular weight is 1320 g/mol. The van der Waals surface area contributed by atoms with Crippen molar-refractivity contribution in [2.75, 3.05) is 179 Å². The van der Waals surface area contributed by atoms with Gasteiger partial charge in [-0.05, 0) is 82.1 Å². The fraction of sp³-hybridized carbons (Fsp3) is 0.709. The summed E-state index contributed by atoms with van der Waals surface area (Å²) in [7, 11) is -1.42. The first-order valence-corrected chi connectivity index (χ1v) is 29.9. The molecule has 0 aliphatic carbocycles. The Morgan fingerprint density at radius 3 is 1.53 bits per heavy atom. The van der Waals surface area contributed by atoms with Crippen LogP contribution in [0.3, 0.4) is 0 Å². The highest BCUT2D eigenvalue weighted by Crippen LogP contribution is 2.39. The van der Waals surface area contributed by atoms with Gasteiger partial charge in [0.2, 0.25) is 5.91 Å². The number of sulfone groups is 1. The van der Waals surface area contributed by atoms with E-state index in [9.17, 15) is 45.2 Å². The number of carboxylic acid groups (broad SMARTS) is 1. The molecule has 0 saturated carbocycles. The highest BCUT2D eigenvalue weighted by Gasteiger charge is 2.55. The molecule has 1 aliphatic heterocycles. The number of nitrogens with zero attached hydrogens (tertiary/aromatic N) is 1. The maximum absolute atomic E-state index is 13.8. The second-order valence-corrected chi connectivity index (χ2v) is 22.1. The lowest BCUT2D eigenvalue weighted by atomic mass is 9.91. The van der Waals surface area contributed by atoms with Crippen LogP contribution in [0.25, 0.3) is 0 Å². The smallest absolute Gasteiger partial charge is 0.433 e. The van der Waals surface area contributed by atoms with Crippen molar-refractivity contribution in [3.63, 3.8) is 0 Å². The fourth-order valence-electron chi connectivity index (χ4n) is 7.17. The van der Waals surface area contributed by atoms with Gasteiger partial charge in [-0.25, -0.2) is 23.5 Å². The molecular weight excluding hydrogens is 1230 g/mol. The zero-order chi connectivity index (χ0) is 65.5. The van der Waals surface area contributed by atoms with E-state index >= 15 is 0 Å².